The third-order valence-electron chi connectivity index (χ3n) is 4.72. The number of benzene rings is 1. The van der Waals surface area contributed by atoms with Crippen molar-refractivity contribution < 1.29 is 4.74 Å². The summed E-state index contributed by atoms with van der Waals surface area (Å²) in [5, 5.41) is 3.19. The van der Waals surface area contributed by atoms with E-state index >= 15 is 0 Å². The van der Waals surface area contributed by atoms with Gasteiger partial charge < -0.3 is 15.8 Å². The van der Waals surface area contributed by atoms with Crippen LogP contribution in [-0.2, 0) is 11.2 Å². The van der Waals surface area contributed by atoms with E-state index in [9.17, 15) is 0 Å². The maximum Gasteiger partial charge on any atom is 0.193 e. The Labute approximate surface area is 134 Å². The molecule has 1 fully saturated rings. The molecule has 4 heteroatoms. The van der Waals surface area contributed by atoms with E-state index in [1.54, 1.807) is 7.11 Å². The number of guanidine groups is 1. The minimum Gasteiger partial charge on any atom is -0.385 e. The summed E-state index contributed by atoms with van der Waals surface area (Å²) in [5.74, 6) is 0.507. The molecular formula is C18H29N3O. The molecule has 0 aliphatic heterocycles. The zero-order chi connectivity index (χ0) is 15.8. The van der Waals surface area contributed by atoms with E-state index in [4.69, 9.17) is 10.5 Å². The Hall–Kier alpha value is -1.55. The number of methoxy groups -OCH3 is 1. The van der Waals surface area contributed by atoms with Gasteiger partial charge in [-0.1, -0.05) is 31.9 Å². The van der Waals surface area contributed by atoms with Crippen molar-refractivity contribution in [3.63, 3.8) is 0 Å². The highest BCUT2D eigenvalue weighted by Crippen LogP contribution is 2.41. The largest absolute Gasteiger partial charge is 0.385 e. The number of rotatable bonds is 7. The molecule has 1 aliphatic rings. The first-order chi connectivity index (χ1) is 10.7. The maximum atomic E-state index is 6.05. The van der Waals surface area contributed by atoms with Crippen LogP contribution in [0.25, 0.3) is 0 Å². The van der Waals surface area contributed by atoms with Crippen LogP contribution in [-0.4, -0.2) is 26.2 Å². The van der Waals surface area contributed by atoms with Gasteiger partial charge in [-0.3, -0.25) is 4.99 Å². The monoisotopic (exact) mass is 303 g/mol. The number of anilines is 1. The summed E-state index contributed by atoms with van der Waals surface area (Å²) in [7, 11) is 1.77. The summed E-state index contributed by atoms with van der Waals surface area (Å²) >= 11 is 0. The molecule has 0 aromatic heterocycles. The maximum absolute atomic E-state index is 6.05. The van der Waals surface area contributed by atoms with Crippen molar-refractivity contribution in [1.29, 1.82) is 0 Å². The average molecular weight is 303 g/mol. The minimum atomic E-state index is 0.286. The molecule has 1 aromatic rings. The molecule has 0 atom stereocenters. The lowest BCUT2D eigenvalue weighted by Gasteiger charge is -2.26. The molecule has 122 valence electrons. The van der Waals surface area contributed by atoms with E-state index in [1.165, 1.54) is 31.2 Å². The third-order valence-corrected chi connectivity index (χ3v) is 4.72. The molecule has 0 saturated heterocycles. The van der Waals surface area contributed by atoms with Crippen LogP contribution in [0.4, 0.5) is 5.69 Å². The van der Waals surface area contributed by atoms with Crippen LogP contribution in [0.5, 0.6) is 0 Å². The normalized spacial score (nSPS) is 17.6. The molecule has 3 N–H and O–H groups in total. The highest BCUT2D eigenvalue weighted by Gasteiger charge is 2.33. The van der Waals surface area contributed by atoms with E-state index in [-0.39, 0.29) is 5.41 Å². The van der Waals surface area contributed by atoms with Crippen molar-refractivity contribution in [3.8, 4) is 0 Å². The summed E-state index contributed by atoms with van der Waals surface area (Å²) in [6.45, 7) is 3.75. The number of nitrogens with zero attached hydrogens (tertiary/aromatic N) is 1. The number of nitrogens with one attached hydrogen (secondary N) is 1. The van der Waals surface area contributed by atoms with E-state index in [2.05, 4.69) is 41.5 Å². The third kappa shape index (κ3) is 4.73. The number of hydrogen-bond donors (Lipinski definition) is 2. The van der Waals surface area contributed by atoms with Crippen molar-refractivity contribution in [3.05, 3.63) is 29.8 Å². The Balaban J connectivity index is 1.92. The fraction of sp³-hybridized carbons (Fsp3) is 0.611. The second-order valence-corrected chi connectivity index (χ2v) is 6.33. The first-order valence-electron chi connectivity index (χ1n) is 8.32. The van der Waals surface area contributed by atoms with Gasteiger partial charge in [-0.25, -0.2) is 0 Å². The van der Waals surface area contributed by atoms with Crippen LogP contribution >= 0.6 is 0 Å². The van der Waals surface area contributed by atoms with Gasteiger partial charge >= 0.3 is 0 Å². The Kier molecular flexibility index (Phi) is 6.25. The molecule has 0 radical (unpaired) electrons. The molecular weight excluding hydrogens is 274 g/mol. The van der Waals surface area contributed by atoms with Gasteiger partial charge in [-0.2, -0.15) is 0 Å². The summed E-state index contributed by atoms with van der Waals surface area (Å²) in [4.78, 5) is 4.60. The van der Waals surface area contributed by atoms with E-state index in [1.807, 2.05) is 0 Å². The standard InChI is InChI=1S/C18H29N3O/c1-3-15-6-8-16(9-7-15)21-17(19)20-14-18(12-13-22-2)10-4-5-11-18/h6-9H,3-5,10-14H2,1-2H3,(H3,19,20,21). The molecule has 1 aromatic carbocycles. The molecule has 1 saturated carbocycles. The smallest absolute Gasteiger partial charge is 0.193 e. The Bertz CT molecular complexity index is 476. The zero-order valence-corrected chi connectivity index (χ0v) is 13.9. The lowest BCUT2D eigenvalue weighted by Crippen LogP contribution is -2.28. The number of nitrogens with two attached hydrogens (primary N) is 1. The molecule has 0 heterocycles. The minimum absolute atomic E-state index is 0.286. The van der Waals surface area contributed by atoms with Crippen LogP contribution < -0.4 is 11.1 Å². The van der Waals surface area contributed by atoms with E-state index in [0.717, 1.165) is 31.7 Å². The van der Waals surface area contributed by atoms with Gasteiger partial charge in [0, 0.05) is 25.9 Å². The highest BCUT2D eigenvalue weighted by atomic mass is 16.5. The Morgan fingerprint density at radius 3 is 2.55 bits per heavy atom. The van der Waals surface area contributed by atoms with Gasteiger partial charge in [0.2, 0.25) is 0 Å². The van der Waals surface area contributed by atoms with Gasteiger partial charge in [0.15, 0.2) is 5.96 Å². The summed E-state index contributed by atoms with van der Waals surface area (Å²) in [6, 6.07) is 8.34. The number of hydrogen-bond acceptors (Lipinski definition) is 2. The molecule has 2 rings (SSSR count). The van der Waals surface area contributed by atoms with Crippen molar-refractivity contribution in [2.24, 2.45) is 16.1 Å². The van der Waals surface area contributed by atoms with Crippen LogP contribution in [0, 0.1) is 5.41 Å². The number of aliphatic imine (C=N–C) groups is 1. The van der Waals surface area contributed by atoms with Gasteiger partial charge in [0.05, 0.1) is 0 Å². The van der Waals surface area contributed by atoms with Crippen LogP contribution in [0.15, 0.2) is 29.3 Å². The van der Waals surface area contributed by atoms with Gasteiger partial charge in [0.1, 0.15) is 0 Å². The predicted molar refractivity (Wildman–Crippen MR) is 93.3 cm³/mol. The van der Waals surface area contributed by atoms with E-state index < -0.39 is 0 Å². The molecule has 4 nitrogen and oxygen atoms in total. The molecule has 0 amide bonds. The number of ether oxygens (including phenoxy) is 1. The second kappa shape index (κ2) is 8.18. The van der Waals surface area contributed by atoms with Gasteiger partial charge in [-0.15, -0.1) is 0 Å². The SMILES string of the molecule is CCc1ccc(NC(N)=NCC2(CCOC)CCCC2)cc1. The van der Waals surface area contributed by atoms with Crippen molar-refractivity contribution in [2.45, 2.75) is 45.4 Å². The first kappa shape index (κ1) is 16.8. The van der Waals surface area contributed by atoms with Crippen LogP contribution in [0.3, 0.4) is 0 Å². The van der Waals surface area contributed by atoms with Crippen molar-refractivity contribution in [2.75, 3.05) is 25.6 Å². The quantitative estimate of drug-likeness (QED) is 0.598. The molecule has 22 heavy (non-hydrogen) atoms. The topological polar surface area (TPSA) is 59.6 Å². The first-order valence-corrected chi connectivity index (χ1v) is 8.32. The zero-order valence-electron chi connectivity index (χ0n) is 13.9. The van der Waals surface area contributed by atoms with Gasteiger partial charge in [0.25, 0.3) is 0 Å². The van der Waals surface area contributed by atoms with Crippen LogP contribution in [0.2, 0.25) is 0 Å². The van der Waals surface area contributed by atoms with Crippen molar-refractivity contribution in [1.82, 2.24) is 0 Å². The Morgan fingerprint density at radius 2 is 1.95 bits per heavy atom. The summed E-state index contributed by atoms with van der Waals surface area (Å²) in [5.41, 5.74) is 8.66. The van der Waals surface area contributed by atoms with E-state index in [0.29, 0.717) is 5.96 Å². The molecule has 0 unspecified atom stereocenters. The number of aryl methyl sites for hydroxylation is 1. The molecule has 0 spiro atoms. The fourth-order valence-corrected chi connectivity index (χ4v) is 3.19. The summed E-state index contributed by atoms with van der Waals surface area (Å²) in [6.07, 6.45) is 7.18. The second-order valence-electron chi connectivity index (χ2n) is 6.33. The molecule has 1 aliphatic carbocycles. The summed E-state index contributed by atoms with van der Waals surface area (Å²) < 4.78 is 5.26. The predicted octanol–water partition coefficient (Wildman–Crippen LogP) is 3.57. The Morgan fingerprint density at radius 1 is 1.27 bits per heavy atom. The molecule has 0 bridgehead atoms. The lowest BCUT2D eigenvalue weighted by molar-refractivity contribution is 0.141. The van der Waals surface area contributed by atoms with Crippen LogP contribution in [0.1, 0.15) is 44.6 Å². The average Bonchev–Trinajstić information content (AvgIpc) is 3.01. The van der Waals surface area contributed by atoms with Gasteiger partial charge in [-0.05, 0) is 48.8 Å². The highest BCUT2D eigenvalue weighted by molar-refractivity contribution is 5.92. The fourth-order valence-electron chi connectivity index (χ4n) is 3.19. The van der Waals surface area contributed by atoms with Crippen molar-refractivity contribution >= 4 is 11.6 Å². The lowest BCUT2D eigenvalue weighted by atomic mass is 9.83.